The normalized spacial score (nSPS) is 24.2. The molecule has 2 fully saturated rings. The second kappa shape index (κ2) is 7.56. The highest BCUT2D eigenvalue weighted by Gasteiger charge is 2.55. The molecule has 3 rings (SSSR count). The molecule has 2 atom stereocenters. The fourth-order valence-electron chi connectivity index (χ4n) is 3.66. The van der Waals surface area contributed by atoms with Crippen molar-refractivity contribution in [3.8, 4) is 5.75 Å². The predicted molar refractivity (Wildman–Crippen MR) is 95.5 cm³/mol. The van der Waals surface area contributed by atoms with Crippen molar-refractivity contribution in [2.75, 3.05) is 47.0 Å². The van der Waals surface area contributed by atoms with E-state index >= 15 is 0 Å². The molecule has 8 heteroatoms. The summed E-state index contributed by atoms with van der Waals surface area (Å²) in [4.78, 5) is 39.7. The lowest BCUT2D eigenvalue weighted by molar-refractivity contribution is -0.157. The number of carbonyl (C=O) groups excluding carboxylic acids is 2. The first-order valence-corrected chi connectivity index (χ1v) is 8.87. The SMILES string of the molecule is CN(C)C(=O)COc1ccccc1C(=O)N1C[C@H]2COCC[C@@]2(C(=O)O)C1. The molecule has 0 unspecified atom stereocenters. The van der Waals surface area contributed by atoms with E-state index < -0.39 is 11.4 Å². The molecule has 2 saturated heterocycles. The largest absolute Gasteiger partial charge is 0.483 e. The molecule has 27 heavy (non-hydrogen) atoms. The molecule has 0 bridgehead atoms. The van der Waals surface area contributed by atoms with Gasteiger partial charge in [-0.25, -0.2) is 0 Å². The molecule has 146 valence electrons. The zero-order chi connectivity index (χ0) is 19.6. The lowest BCUT2D eigenvalue weighted by atomic mass is 9.74. The number of fused-ring (bicyclic) bond motifs is 1. The van der Waals surface area contributed by atoms with Crippen LogP contribution in [0.5, 0.6) is 5.75 Å². The lowest BCUT2D eigenvalue weighted by Crippen LogP contribution is -2.45. The molecule has 0 saturated carbocycles. The Morgan fingerprint density at radius 2 is 2.07 bits per heavy atom. The van der Waals surface area contributed by atoms with Gasteiger partial charge < -0.3 is 24.4 Å². The van der Waals surface area contributed by atoms with Crippen molar-refractivity contribution in [2.45, 2.75) is 6.42 Å². The fourth-order valence-corrected chi connectivity index (χ4v) is 3.66. The monoisotopic (exact) mass is 376 g/mol. The number of hydrogen-bond donors (Lipinski definition) is 1. The van der Waals surface area contributed by atoms with E-state index in [0.29, 0.717) is 37.5 Å². The molecule has 2 aliphatic heterocycles. The Bertz CT molecular complexity index is 749. The zero-order valence-corrected chi connectivity index (χ0v) is 15.5. The molecule has 1 aromatic carbocycles. The number of benzene rings is 1. The summed E-state index contributed by atoms with van der Waals surface area (Å²) in [5.41, 5.74) is -0.630. The van der Waals surface area contributed by atoms with Gasteiger partial charge in [0.1, 0.15) is 5.75 Å². The Hall–Kier alpha value is -2.61. The van der Waals surface area contributed by atoms with Gasteiger partial charge in [-0.3, -0.25) is 14.4 Å². The second-order valence-corrected chi connectivity index (χ2v) is 7.24. The van der Waals surface area contributed by atoms with Crippen LogP contribution in [0.2, 0.25) is 0 Å². The number of hydrogen-bond acceptors (Lipinski definition) is 5. The maximum atomic E-state index is 13.1. The van der Waals surface area contributed by atoms with Crippen molar-refractivity contribution in [1.29, 1.82) is 0 Å². The summed E-state index contributed by atoms with van der Waals surface area (Å²) in [6.07, 6.45) is 0.395. The minimum absolute atomic E-state index is 0.153. The minimum atomic E-state index is -0.954. The van der Waals surface area contributed by atoms with Gasteiger partial charge in [0.25, 0.3) is 11.8 Å². The molecular weight excluding hydrogens is 352 g/mol. The minimum Gasteiger partial charge on any atom is -0.483 e. The van der Waals surface area contributed by atoms with Crippen molar-refractivity contribution in [1.82, 2.24) is 9.80 Å². The van der Waals surface area contributed by atoms with E-state index in [1.807, 2.05) is 0 Å². The van der Waals surface area contributed by atoms with E-state index in [1.165, 1.54) is 4.90 Å². The molecule has 2 amide bonds. The molecule has 2 aliphatic rings. The number of carboxylic acid groups (broad SMARTS) is 1. The molecule has 1 aromatic rings. The van der Waals surface area contributed by atoms with Gasteiger partial charge in [-0.05, 0) is 18.6 Å². The van der Waals surface area contributed by atoms with Crippen molar-refractivity contribution in [3.05, 3.63) is 29.8 Å². The number of likely N-dealkylation sites (tertiary alicyclic amines) is 1. The van der Waals surface area contributed by atoms with Crippen LogP contribution in [0.3, 0.4) is 0 Å². The highest BCUT2D eigenvalue weighted by molar-refractivity contribution is 5.97. The summed E-state index contributed by atoms with van der Waals surface area (Å²) in [6, 6.07) is 6.70. The first-order chi connectivity index (χ1) is 12.8. The number of aliphatic carboxylic acids is 1. The van der Waals surface area contributed by atoms with Crippen LogP contribution in [-0.4, -0.2) is 79.7 Å². The van der Waals surface area contributed by atoms with Gasteiger partial charge in [0.05, 0.1) is 17.6 Å². The number of amides is 2. The smallest absolute Gasteiger partial charge is 0.311 e. The average molecular weight is 376 g/mol. The van der Waals surface area contributed by atoms with Gasteiger partial charge in [-0.15, -0.1) is 0 Å². The summed E-state index contributed by atoms with van der Waals surface area (Å²) in [6.45, 7) is 1.03. The summed E-state index contributed by atoms with van der Waals surface area (Å²) in [5, 5.41) is 9.76. The van der Waals surface area contributed by atoms with Gasteiger partial charge >= 0.3 is 5.97 Å². The van der Waals surface area contributed by atoms with E-state index in [-0.39, 0.29) is 30.9 Å². The van der Waals surface area contributed by atoms with Crippen LogP contribution in [0.15, 0.2) is 24.3 Å². The van der Waals surface area contributed by atoms with Crippen molar-refractivity contribution < 1.29 is 29.0 Å². The average Bonchev–Trinajstić information content (AvgIpc) is 3.06. The van der Waals surface area contributed by atoms with Gasteiger partial charge in [0.15, 0.2) is 6.61 Å². The highest BCUT2D eigenvalue weighted by Crippen LogP contribution is 2.43. The second-order valence-electron chi connectivity index (χ2n) is 7.24. The predicted octanol–water partition coefficient (Wildman–Crippen LogP) is 0.717. The van der Waals surface area contributed by atoms with Gasteiger partial charge in [0, 0.05) is 39.7 Å². The Morgan fingerprint density at radius 3 is 2.74 bits per heavy atom. The van der Waals surface area contributed by atoms with Crippen LogP contribution in [0.4, 0.5) is 0 Å². The van der Waals surface area contributed by atoms with Crippen LogP contribution < -0.4 is 4.74 Å². The number of nitrogens with zero attached hydrogens (tertiary/aromatic N) is 2. The topological polar surface area (TPSA) is 96.4 Å². The third-order valence-corrected chi connectivity index (χ3v) is 5.39. The van der Waals surface area contributed by atoms with E-state index in [0.717, 1.165) is 0 Å². The lowest BCUT2D eigenvalue weighted by Gasteiger charge is -2.33. The maximum absolute atomic E-state index is 13.1. The Kier molecular flexibility index (Phi) is 5.36. The third-order valence-electron chi connectivity index (χ3n) is 5.39. The molecule has 1 N–H and O–H groups in total. The maximum Gasteiger partial charge on any atom is 0.311 e. The molecule has 0 spiro atoms. The Labute approximate surface area is 157 Å². The molecular formula is C19H24N2O6. The number of carboxylic acids is 1. The third kappa shape index (κ3) is 3.62. The summed E-state index contributed by atoms with van der Waals surface area (Å²) < 4.78 is 11.0. The molecule has 0 radical (unpaired) electrons. The highest BCUT2D eigenvalue weighted by atomic mass is 16.5. The van der Waals surface area contributed by atoms with E-state index in [9.17, 15) is 19.5 Å². The van der Waals surface area contributed by atoms with Crippen molar-refractivity contribution in [2.24, 2.45) is 11.3 Å². The van der Waals surface area contributed by atoms with Crippen LogP contribution >= 0.6 is 0 Å². The van der Waals surface area contributed by atoms with E-state index in [1.54, 1.807) is 43.3 Å². The van der Waals surface area contributed by atoms with E-state index in [2.05, 4.69) is 0 Å². The molecule has 8 nitrogen and oxygen atoms in total. The standard InChI is InChI=1S/C19H24N2O6/c1-20(2)16(22)11-27-15-6-4-3-5-14(15)17(23)21-9-13-10-26-8-7-19(13,12-21)18(24)25/h3-6,13H,7-12H2,1-2H3,(H,24,25)/t13-,19+/m0/s1. The van der Waals surface area contributed by atoms with Crippen molar-refractivity contribution >= 4 is 17.8 Å². The van der Waals surface area contributed by atoms with Gasteiger partial charge in [0.2, 0.25) is 0 Å². The van der Waals surface area contributed by atoms with Gasteiger partial charge in [-0.1, -0.05) is 12.1 Å². The van der Waals surface area contributed by atoms with Crippen LogP contribution in [-0.2, 0) is 14.3 Å². The molecule has 0 aromatic heterocycles. The number of ether oxygens (including phenoxy) is 2. The van der Waals surface area contributed by atoms with Crippen LogP contribution in [0, 0.1) is 11.3 Å². The summed E-state index contributed by atoms with van der Waals surface area (Å²) in [7, 11) is 3.25. The number of likely N-dealkylation sites (N-methyl/N-ethyl adjacent to an activating group) is 1. The molecule has 2 heterocycles. The van der Waals surface area contributed by atoms with Crippen LogP contribution in [0.25, 0.3) is 0 Å². The summed E-state index contributed by atoms with van der Waals surface area (Å²) in [5.74, 6) is -1.30. The number of para-hydroxylation sites is 1. The Morgan fingerprint density at radius 1 is 1.33 bits per heavy atom. The Balaban J connectivity index is 1.79. The quantitative estimate of drug-likeness (QED) is 0.813. The van der Waals surface area contributed by atoms with Crippen molar-refractivity contribution in [3.63, 3.8) is 0 Å². The van der Waals surface area contributed by atoms with Gasteiger partial charge in [-0.2, -0.15) is 0 Å². The zero-order valence-electron chi connectivity index (χ0n) is 15.5. The summed E-state index contributed by atoms with van der Waals surface area (Å²) >= 11 is 0. The molecule has 0 aliphatic carbocycles. The fraction of sp³-hybridized carbons (Fsp3) is 0.526. The number of rotatable bonds is 5. The van der Waals surface area contributed by atoms with E-state index in [4.69, 9.17) is 9.47 Å². The first-order valence-electron chi connectivity index (χ1n) is 8.87. The van der Waals surface area contributed by atoms with Crippen LogP contribution in [0.1, 0.15) is 16.8 Å². The number of carbonyl (C=O) groups is 3. The first kappa shape index (κ1) is 19.2.